The number of halogens is 1. The largest absolute Gasteiger partial charge is 0.469 e. The van der Waals surface area contributed by atoms with Crippen molar-refractivity contribution in [3.8, 4) is 0 Å². The second-order valence-electron chi connectivity index (χ2n) is 5.79. The van der Waals surface area contributed by atoms with Crippen LogP contribution in [0.1, 0.15) is 27.5 Å². The van der Waals surface area contributed by atoms with Gasteiger partial charge in [0.25, 0.3) is 5.91 Å². The van der Waals surface area contributed by atoms with Crippen LogP contribution in [0.4, 0.5) is 0 Å². The van der Waals surface area contributed by atoms with E-state index < -0.39 is 0 Å². The smallest absolute Gasteiger partial charge is 0.253 e. The van der Waals surface area contributed by atoms with E-state index in [2.05, 4.69) is 15.5 Å². The fourth-order valence-corrected chi connectivity index (χ4v) is 2.88. The molecule has 3 aromatic heterocycles. The Hall–Kier alpha value is -3.12. The van der Waals surface area contributed by atoms with Gasteiger partial charge in [-0.15, -0.1) is 10.2 Å². The van der Waals surface area contributed by atoms with Crippen molar-refractivity contribution in [3.63, 3.8) is 0 Å². The van der Waals surface area contributed by atoms with Crippen LogP contribution in [-0.4, -0.2) is 20.5 Å². The highest BCUT2D eigenvalue weighted by Gasteiger charge is 2.12. The van der Waals surface area contributed by atoms with Crippen LogP contribution in [0.5, 0.6) is 0 Å². The number of hydrogen-bond donors (Lipinski definition) is 1. The molecular formula is C19H15ClN4O2. The maximum atomic E-state index is 12.5. The second-order valence-corrected chi connectivity index (χ2v) is 6.20. The number of nitrogens with zero attached hydrogens (tertiary/aromatic N) is 3. The van der Waals surface area contributed by atoms with E-state index in [0.717, 1.165) is 11.3 Å². The number of benzene rings is 1. The van der Waals surface area contributed by atoms with Crippen molar-refractivity contribution in [2.45, 2.75) is 13.0 Å². The molecule has 0 saturated carbocycles. The molecule has 4 rings (SSSR count). The summed E-state index contributed by atoms with van der Waals surface area (Å²) in [5.74, 6) is 1.30. The number of carbonyl (C=O) groups is 1. The van der Waals surface area contributed by atoms with Crippen LogP contribution >= 0.6 is 11.6 Å². The van der Waals surface area contributed by atoms with E-state index >= 15 is 0 Å². The van der Waals surface area contributed by atoms with Gasteiger partial charge in [-0.25, -0.2) is 0 Å². The molecule has 0 aliphatic rings. The van der Waals surface area contributed by atoms with Crippen LogP contribution in [0.25, 0.3) is 5.65 Å². The lowest BCUT2D eigenvalue weighted by atomic mass is 10.2. The first-order valence-corrected chi connectivity index (χ1v) is 8.46. The predicted molar refractivity (Wildman–Crippen MR) is 97.1 cm³/mol. The van der Waals surface area contributed by atoms with E-state index in [4.69, 9.17) is 16.0 Å². The topological polar surface area (TPSA) is 72.4 Å². The highest BCUT2D eigenvalue weighted by Crippen LogP contribution is 2.15. The molecule has 26 heavy (non-hydrogen) atoms. The first-order chi connectivity index (χ1) is 12.7. The minimum atomic E-state index is -0.190. The van der Waals surface area contributed by atoms with E-state index in [0.29, 0.717) is 35.0 Å². The molecule has 0 atom stereocenters. The van der Waals surface area contributed by atoms with Crippen molar-refractivity contribution in [1.82, 2.24) is 19.9 Å². The zero-order valence-corrected chi connectivity index (χ0v) is 14.5. The number of furan rings is 1. The number of hydrogen-bond acceptors (Lipinski definition) is 4. The third-order valence-electron chi connectivity index (χ3n) is 4.04. The maximum absolute atomic E-state index is 12.5. The van der Waals surface area contributed by atoms with E-state index in [1.165, 1.54) is 0 Å². The lowest BCUT2D eigenvalue weighted by molar-refractivity contribution is 0.0950. The number of nitrogens with one attached hydrogen (secondary N) is 1. The number of fused-ring (bicyclic) bond motifs is 1. The molecule has 0 saturated heterocycles. The van der Waals surface area contributed by atoms with Gasteiger partial charge in [-0.05, 0) is 35.9 Å². The SMILES string of the molecule is O=C(NCc1ccccc1Cl)c1ccc2nnc(Cc3ccco3)n2c1. The standard InChI is InChI=1S/C19H15ClN4O2/c20-16-6-2-1-4-13(16)11-21-19(25)14-7-8-17-22-23-18(24(17)12-14)10-15-5-3-9-26-15/h1-9,12H,10-11H2,(H,21,25). The molecule has 0 fully saturated rings. The van der Waals surface area contributed by atoms with Crippen LogP contribution in [0, 0.1) is 0 Å². The number of pyridine rings is 1. The zero-order valence-electron chi connectivity index (χ0n) is 13.7. The van der Waals surface area contributed by atoms with Gasteiger partial charge in [0, 0.05) is 17.8 Å². The number of amides is 1. The van der Waals surface area contributed by atoms with Crippen LogP contribution < -0.4 is 5.32 Å². The highest BCUT2D eigenvalue weighted by atomic mass is 35.5. The molecule has 0 unspecified atom stereocenters. The van der Waals surface area contributed by atoms with Crippen molar-refractivity contribution in [2.24, 2.45) is 0 Å². The van der Waals surface area contributed by atoms with Gasteiger partial charge in [-0.2, -0.15) is 0 Å². The lowest BCUT2D eigenvalue weighted by Gasteiger charge is -2.07. The van der Waals surface area contributed by atoms with Gasteiger partial charge < -0.3 is 9.73 Å². The van der Waals surface area contributed by atoms with E-state index in [1.807, 2.05) is 30.3 Å². The predicted octanol–water partition coefficient (Wildman–Crippen LogP) is 3.50. The van der Waals surface area contributed by atoms with Gasteiger partial charge in [0.05, 0.1) is 18.2 Å². The van der Waals surface area contributed by atoms with Crippen molar-refractivity contribution < 1.29 is 9.21 Å². The van der Waals surface area contributed by atoms with Gasteiger partial charge in [0.1, 0.15) is 11.6 Å². The molecule has 0 bridgehead atoms. The van der Waals surface area contributed by atoms with Gasteiger partial charge in [0.2, 0.25) is 0 Å². The van der Waals surface area contributed by atoms with Crippen molar-refractivity contribution in [2.75, 3.05) is 0 Å². The first kappa shape index (κ1) is 16.4. The Bertz CT molecular complexity index is 1060. The fraction of sp³-hybridized carbons (Fsp3) is 0.105. The minimum absolute atomic E-state index is 0.190. The molecule has 0 aliphatic heterocycles. The summed E-state index contributed by atoms with van der Waals surface area (Å²) in [6, 6.07) is 14.6. The summed E-state index contributed by atoms with van der Waals surface area (Å²) in [7, 11) is 0. The van der Waals surface area contributed by atoms with Crippen molar-refractivity contribution in [1.29, 1.82) is 0 Å². The molecule has 4 aromatic rings. The molecule has 0 aliphatic carbocycles. The van der Waals surface area contributed by atoms with Crippen molar-refractivity contribution in [3.05, 3.63) is 88.7 Å². The average molecular weight is 367 g/mol. The Morgan fingerprint density at radius 3 is 2.81 bits per heavy atom. The number of aromatic nitrogens is 3. The number of carbonyl (C=O) groups excluding carboxylic acids is 1. The molecule has 0 spiro atoms. The van der Waals surface area contributed by atoms with E-state index in [1.54, 1.807) is 35.1 Å². The third kappa shape index (κ3) is 3.32. The van der Waals surface area contributed by atoms with Crippen LogP contribution in [0.2, 0.25) is 5.02 Å². The Morgan fingerprint density at radius 1 is 1.12 bits per heavy atom. The fourth-order valence-electron chi connectivity index (χ4n) is 2.68. The molecular weight excluding hydrogens is 352 g/mol. The molecule has 1 amide bonds. The highest BCUT2D eigenvalue weighted by molar-refractivity contribution is 6.31. The Balaban J connectivity index is 1.54. The minimum Gasteiger partial charge on any atom is -0.469 e. The van der Waals surface area contributed by atoms with Crippen LogP contribution in [-0.2, 0) is 13.0 Å². The summed E-state index contributed by atoms with van der Waals surface area (Å²) in [6.45, 7) is 0.359. The summed E-state index contributed by atoms with van der Waals surface area (Å²) in [5, 5.41) is 11.8. The average Bonchev–Trinajstić information content (AvgIpc) is 3.31. The number of rotatable bonds is 5. The molecule has 6 nitrogen and oxygen atoms in total. The Labute approximate surface area is 154 Å². The van der Waals surface area contributed by atoms with E-state index in [9.17, 15) is 4.79 Å². The molecule has 7 heteroatoms. The van der Waals surface area contributed by atoms with Gasteiger partial charge >= 0.3 is 0 Å². The maximum Gasteiger partial charge on any atom is 0.253 e. The second kappa shape index (κ2) is 7.01. The summed E-state index contributed by atoms with van der Waals surface area (Å²) in [5.41, 5.74) is 2.06. The van der Waals surface area contributed by atoms with Crippen LogP contribution in [0.3, 0.4) is 0 Å². The molecule has 1 N–H and O–H groups in total. The monoisotopic (exact) mass is 366 g/mol. The van der Waals surface area contributed by atoms with Crippen molar-refractivity contribution >= 4 is 23.2 Å². The van der Waals surface area contributed by atoms with Gasteiger partial charge in [0.15, 0.2) is 5.65 Å². The normalized spacial score (nSPS) is 11.0. The van der Waals surface area contributed by atoms with Crippen LogP contribution in [0.15, 0.2) is 65.4 Å². The summed E-state index contributed by atoms with van der Waals surface area (Å²) < 4.78 is 7.16. The Morgan fingerprint density at radius 2 is 2.00 bits per heavy atom. The molecule has 130 valence electrons. The first-order valence-electron chi connectivity index (χ1n) is 8.08. The zero-order chi connectivity index (χ0) is 17.9. The quantitative estimate of drug-likeness (QED) is 0.586. The molecule has 1 aromatic carbocycles. The van der Waals surface area contributed by atoms with Gasteiger partial charge in [-0.3, -0.25) is 9.20 Å². The Kier molecular flexibility index (Phi) is 4.41. The molecule has 0 radical (unpaired) electrons. The summed E-state index contributed by atoms with van der Waals surface area (Å²) in [6.07, 6.45) is 3.85. The molecule has 3 heterocycles. The van der Waals surface area contributed by atoms with E-state index in [-0.39, 0.29) is 5.91 Å². The summed E-state index contributed by atoms with van der Waals surface area (Å²) >= 11 is 6.12. The summed E-state index contributed by atoms with van der Waals surface area (Å²) in [4.78, 5) is 12.5. The third-order valence-corrected chi connectivity index (χ3v) is 4.41. The lowest BCUT2D eigenvalue weighted by Crippen LogP contribution is -2.23. The van der Waals surface area contributed by atoms with Gasteiger partial charge in [-0.1, -0.05) is 29.8 Å².